The van der Waals surface area contributed by atoms with E-state index in [2.05, 4.69) is 0 Å². The summed E-state index contributed by atoms with van der Waals surface area (Å²) in [6, 6.07) is 0. The van der Waals surface area contributed by atoms with E-state index in [1.165, 1.54) is 0 Å². The molecule has 4 heteroatoms. The predicted octanol–water partition coefficient (Wildman–Crippen LogP) is -0.924. The average molecular weight is 228 g/mol. The molecular formula is H2BCuFeMo. The summed E-state index contributed by atoms with van der Waals surface area (Å²) in [4.78, 5) is 0. The Morgan fingerprint density at radius 1 is 1.25 bits per heavy atom. The van der Waals surface area contributed by atoms with Gasteiger partial charge in [0, 0.05) is 34.1 Å². The van der Waals surface area contributed by atoms with Crippen molar-refractivity contribution in [3.05, 3.63) is 0 Å². The first-order chi connectivity index (χ1) is 1.00. The van der Waals surface area contributed by atoms with Crippen LogP contribution in [-0.2, 0) is 53.8 Å². The quantitative estimate of drug-likeness (QED) is 0.470. The van der Waals surface area contributed by atoms with Gasteiger partial charge in [-0.1, -0.05) is 0 Å². The van der Waals surface area contributed by atoms with Crippen LogP contribution in [0.1, 0.15) is 0 Å². The molecule has 30 valence electrons. The topological polar surface area (TPSA) is 0 Å². The van der Waals surface area contributed by atoms with Crippen LogP contribution in [0.15, 0.2) is 0 Å². The van der Waals surface area contributed by atoms with Crippen LogP contribution in [0, 0.1) is 0 Å². The molecule has 0 bridgehead atoms. The Morgan fingerprint density at radius 2 is 1.25 bits per heavy atom. The van der Waals surface area contributed by atoms with E-state index in [1.807, 2.05) is 25.7 Å². The van der Waals surface area contributed by atoms with Gasteiger partial charge in [0.2, 0.25) is 0 Å². The van der Waals surface area contributed by atoms with Crippen LogP contribution < -0.4 is 0 Å². The van der Waals surface area contributed by atoms with E-state index < -0.39 is 0 Å². The van der Waals surface area contributed by atoms with Crippen LogP contribution in [0.5, 0.6) is 0 Å². The van der Waals surface area contributed by atoms with Crippen molar-refractivity contribution in [1.29, 1.82) is 0 Å². The van der Waals surface area contributed by atoms with Crippen molar-refractivity contribution in [2.45, 2.75) is 0 Å². The Kier molecular flexibility index (Phi) is 91.5. The molecule has 0 aliphatic heterocycles. The van der Waals surface area contributed by atoms with Crippen molar-refractivity contribution in [2.24, 2.45) is 0 Å². The molecule has 0 rings (SSSR count). The fourth-order valence-electron chi connectivity index (χ4n) is 0. The summed E-state index contributed by atoms with van der Waals surface area (Å²) in [5.41, 5.74) is 0. The first-order valence-electron chi connectivity index (χ1n) is 0.408. The zero-order valence-electron chi connectivity index (χ0n) is 2.06. The zero-order chi connectivity index (χ0) is 2.00. The second-order valence-corrected chi connectivity index (χ2v) is 0. The fraction of sp³-hybridized carbons (Fsp3) is 0. The summed E-state index contributed by atoms with van der Waals surface area (Å²) in [6.07, 6.45) is 2.01. The van der Waals surface area contributed by atoms with E-state index in [1.54, 1.807) is 0 Å². The Morgan fingerprint density at radius 3 is 1.25 bits per heavy atom. The second kappa shape index (κ2) is 21.5. The molecule has 0 spiro atoms. The van der Waals surface area contributed by atoms with Crippen LogP contribution in [0.25, 0.3) is 0 Å². The van der Waals surface area contributed by atoms with Crippen molar-refractivity contribution in [2.75, 3.05) is 0 Å². The van der Waals surface area contributed by atoms with Gasteiger partial charge < -0.3 is 0 Å². The van der Waals surface area contributed by atoms with E-state index in [4.69, 9.17) is 0 Å². The minimum Gasteiger partial charge on any atom is 0 e. The number of hydrogen-bond acceptors (Lipinski definition) is 0. The Hall–Kier alpha value is 1.79. The van der Waals surface area contributed by atoms with E-state index in [0.717, 1.165) is 0 Å². The van der Waals surface area contributed by atoms with Crippen molar-refractivity contribution in [3.8, 4) is 0 Å². The van der Waals surface area contributed by atoms with E-state index in [0.29, 0.717) is 0 Å². The normalized spacial score (nSPS) is 1.00. The molecule has 0 atom stereocenters. The van der Waals surface area contributed by atoms with Crippen LogP contribution >= 0.6 is 0 Å². The molecule has 0 fully saturated rings. The van der Waals surface area contributed by atoms with Gasteiger partial charge in [-0.3, -0.25) is 0 Å². The standard InChI is InChI=1S/BH2.Cu.Fe.Mo/h1H2;;;/q+1;;;-1. The van der Waals surface area contributed by atoms with E-state index >= 15 is 0 Å². The average Bonchev–Trinajstić information content (AvgIpc) is 1.00. The number of hydrogen-bond donors (Lipinski definition) is 0. The minimum absolute atomic E-state index is 0. The fourth-order valence-corrected chi connectivity index (χ4v) is 0. The van der Waals surface area contributed by atoms with Gasteiger partial charge in [-0.15, -0.1) is 0 Å². The van der Waals surface area contributed by atoms with Gasteiger partial charge >= 0.3 is 25.7 Å². The van der Waals surface area contributed by atoms with Gasteiger partial charge in [-0.05, 0) is 0 Å². The molecule has 0 aromatic carbocycles. The molecule has 0 heterocycles. The molecule has 0 nitrogen and oxygen atoms in total. The summed E-state index contributed by atoms with van der Waals surface area (Å²) >= 11 is 1.95. The van der Waals surface area contributed by atoms with Gasteiger partial charge in [0.1, 0.15) is 0 Å². The third-order valence-corrected chi connectivity index (χ3v) is 0. The molecule has 0 aliphatic rings. The summed E-state index contributed by atoms with van der Waals surface area (Å²) in [5, 5.41) is 0. The maximum absolute atomic E-state index is 2.01. The maximum atomic E-state index is 2.01. The first-order valence-corrected chi connectivity index (χ1v) is 2.42. The molecule has 0 saturated carbocycles. The summed E-state index contributed by atoms with van der Waals surface area (Å²) in [7, 11) is 0. The van der Waals surface area contributed by atoms with Crippen molar-refractivity contribution < 1.29 is 53.8 Å². The second-order valence-electron chi connectivity index (χ2n) is 0. The predicted molar refractivity (Wildman–Crippen MR) is 8.54 cm³/mol. The molecule has 4 heavy (non-hydrogen) atoms. The Labute approximate surface area is 59.5 Å². The van der Waals surface area contributed by atoms with Crippen LogP contribution in [0.2, 0.25) is 0 Å². The molecule has 0 aromatic heterocycles. The molecule has 1 radical (unpaired) electrons. The third kappa shape index (κ3) is 9.20. The maximum Gasteiger partial charge on any atom is 0 e. The van der Waals surface area contributed by atoms with Gasteiger partial charge in [0.25, 0.3) is 0 Å². The number of rotatable bonds is 0. The first kappa shape index (κ1) is 17.1. The molecule has 0 N–H and O–H groups in total. The van der Waals surface area contributed by atoms with Crippen molar-refractivity contribution in [1.82, 2.24) is 0 Å². The smallest absolute Gasteiger partial charge is 0 e. The zero-order valence-corrected chi connectivity index (χ0v) is 6.12. The molecule has 0 saturated heterocycles. The van der Waals surface area contributed by atoms with Gasteiger partial charge in [-0.25, -0.2) is 0 Å². The van der Waals surface area contributed by atoms with Crippen molar-refractivity contribution >= 4 is 6.11 Å². The summed E-state index contributed by atoms with van der Waals surface area (Å²) < 4.78 is 0. The van der Waals surface area contributed by atoms with E-state index in [9.17, 15) is 0 Å². The summed E-state index contributed by atoms with van der Waals surface area (Å²) in [5.74, 6) is 0. The van der Waals surface area contributed by atoms with Crippen LogP contribution in [-0.4, -0.2) is 6.11 Å². The van der Waals surface area contributed by atoms with Crippen LogP contribution in [0.4, 0.5) is 0 Å². The molecule has 0 aromatic rings. The monoisotopic (exact) mass is 230 g/mol. The molecule has 0 amide bonds. The largest absolute Gasteiger partial charge is 0 e. The van der Waals surface area contributed by atoms with Crippen LogP contribution in [0.3, 0.4) is 0 Å². The van der Waals surface area contributed by atoms with E-state index in [-0.39, 0.29) is 34.1 Å². The van der Waals surface area contributed by atoms with Gasteiger partial charge in [0.05, 0.1) is 0 Å². The Balaban J connectivity index is -0.00000000500. The third-order valence-electron chi connectivity index (χ3n) is 0. The van der Waals surface area contributed by atoms with Gasteiger partial charge in [0.15, 0.2) is 0 Å². The Bertz CT molecular complexity index is 8.00. The summed E-state index contributed by atoms with van der Waals surface area (Å²) in [6.45, 7) is 0. The SMILES string of the molecule is [BH2][Mo].[Cu].[Fe]. The minimum atomic E-state index is 0. The molecular weight excluding hydrogens is 226 g/mol. The van der Waals surface area contributed by atoms with Gasteiger partial charge in [-0.2, -0.15) is 0 Å². The molecule has 0 unspecified atom stereocenters. The molecule has 0 aliphatic carbocycles. The van der Waals surface area contributed by atoms with Crippen molar-refractivity contribution in [3.63, 3.8) is 0 Å².